The molecule has 4 aliphatic rings. The summed E-state index contributed by atoms with van der Waals surface area (Å²) in [6, 6.07) is 16.3. The zero-order chi connectivity index (χ0) is 34.0. The van der Waals surface area contributed by atoms with Gasteiger partial charge in [-0.2, -0.15) is 5.10 Å². The van der Waals surface area contributed by atoms with Crippen LogP contribution >= 0.6 is 0 Å². The Kier molecular flexibility index (Phi) is 8.97. The zero-order valence-electron chi connectivity index (χ0n) is 27.5. The summed E-state index contributed by atoms with van der Waals surface area (Å²) in [5.41, 5.74) is 7.73. The molecule has 2 saturated heterocycles. The third kappa shape index (κ3) is 6.56. The van der Waals surface area contributed by atoms with Gasteiger partial charge in [-0.05, 0) is 73.1 Å². The molecule has 2 amide bonds. The highest BCUT2D eigenvalue weighted by Gasteiger charge is 2.46. The normalized spacial score (nSPS) is 23.5. The van der Waals surface area contributed by atoms with E-state index in [1.807, 2.05) is 29.2 Å². The lowest BCUT2D eigenvalue weighted by molar-refractivity contribution is -0.134. The van der Waals surface area contributed by atoms with Gasteiger partial charge >= 0.3 is 0 Å². The van der Waals surface area contributed by atoms with E-state index in [0.717, 1.165) is 47.0 Å². The number of nitrogens with zero attached hydrogens (tertiary/aromatic N) is 6. The first-order chi connectivity index (χ1) is 23.8. The van der Waals surface area contributed by atoms with Gasteiger partial charge in [-0.1, -0.05) is 19.1 Å². The van der Waals surface area contributed by atoms with Crippen molar-refractivity contribution < 1.29 is 14.0 Å². The maximum absolute atomic E-state index is 14.0. The van der Waals surface area contributed by atoms with Gasteiger partial charge in [0.15, 0.2) is 5.82 Å². The van der Waals surface area contributed by atoms with Crippen LogP contribution in [0, 0.1) is 35.4 Å². The highest BCUT2D eigenvalue weighted by Crippen LogP contribution is 2.38. The quantitative estimate of drug-likeness (QED) is 0.355. The van der Waals surface area contributed by atoms with Gasteiger partial charge in [0.25, 0.3) is 0 Å². The van der Waals surface area contributed by atoms with E-state index in [2.05, 4.69) is 60.6 Å². The Labute approximate surface area is 285 Å². The first-order valence-corrected chi connectivity index (χ1v) is 16.7. The molecule has 3 unspecified atom stereocenters. The van der Waals surface area contributed by atoms with Gasteiger partial charge in [0.1, 0.15) is 5.82 Å². The van der Waals surface area contributed by atoms with Crippen molar-refractivity contribution in [3.8, 4) is 23.7 Å². The van der Waals surface area contributed by atoms with Crippen LogP contribution in [0.3, 0.4) is 0 Å². The topological polar surface area (TPSA) is 106 Å². The molecular formula is C38H39FN8O2. The Bertz CT molecular complexity index is 1840. The number of halogens is 1. The molecule has 2 N–H and O–H groups in total. The minimum absolute atomic E-state index is 0.0655. The molecule has 1 aromatic heterocycles. The molecule has 3 aromatic rings. The van der Waals surface area contributed by atoms with E-state index in [1.165, 1.54) is 12.1 Å². The monoisotopic (exact) mass is 658 g/mol. The Balaban J connectivity index is 0.936. The third-order valence-corrected chi connectivity index (χ3v) is 10.2. The van der Waals surface area contributed by atoms with E-state index in [4.69, 9.17) is 6.42 Å². The third-order valence-electron chi connectivity index (χ3n) is 10.2. The number of likely N-dealkylation sites (tertiary alicyclic amines) is 1. The SMILES string of the molecule is C#CCC1(C(=O)NC2=CC=C3NN=C(c4ccc(F)cc4)C3C2C)CCN(CC(=O)N2CCN(c3ccc(-c4ncccn4)cc3)CC2)C1. The maximum Gasteiger partial charge on any atom is 0.236 e. The standard InChI is InChI=1S/C38H39FN8O2/c1-3-15-38(37(49)42-31-13-14-32-34(26(31)2)35(44-43-32)27-5-9-29(39)10-6-27)16-19-45(25-38)24-33(48)47-22-20-46(21-23-47)30-11-7-28(8-12-30)36-40-17-4-18-41-36/h1,4-14,17-18,26,34,43H,15-16,19-25H2,2H3,(H,42,49). The number of piperazine rings is 1. The molecule has 3 atom stereocenters. The van der Waals surface area contributed by atoms with E-state index in [1.54, 1.807) is 30.6 Å². The lowest BCUT2D eigenvalue weighted by Gasteiger charge is -2.37. The molecule has 10 nitrogen and oxygen atoms in total. The van der Waals surface area contributed by atoms with Crippen LogP contribution in [-0.4, -0.2) is 83.1 Å². The minimum Gasteiger partial charge on any atom is -0.368 e. The van der Waals surface area contributed by atoms with E-state index < -0.39 is 5.41 Å². The largest absolute Gasteiger partial charge is 0.368 e. The number of nitrogens with one attached hydrogen (secondary N) is 2. The molecule has 0 radical (unpaired) electrons. The van der Waals surface area contributed by atoms with Gasteiger partial charge < -0.3 is 15.1 Å². The predicted octanol–water partition coefficient (Wildman–Crippen LogP) is 3.80. The van der Waals surface area contributed by atoms with E-state index >= 15 is 0 Å². The summed E-state index contributed by atoms with van der Waals surface area (Å²) in [5.74, 6) is 2.88. The smallest absolute Gasteiger partial charge is 0.236 e. The Morgan fingerprint density at radius 1 is 1.00 bits per heavy atom. The van der Waals surface area contributed by atoms with Crippen LogP contribution in [0.5, 0.6) is 0 Å². The number of anilines is 1. The summed E-state index contributed by atoms with van der Waals surface area (Å²) in [4.78, 5) is 42.3. The summed E-state index contributed by atoms with van der Waals surface area (Å²) in [7, 11) is 0. The zero-order valence-corrected chi connectivity index (χ0v) is 27.5. The van der Waals surface area contributed by atoms with Crippen LogP contribution in [0.25, 0.3) is 11.4 Å². The Morgan fingerprint density at radius 2 is 1.71 bits per heavy atom. The molecule has 0 spiro atoms. The first kappa shape index (κ1) is 32.2. The average molecular weight is 659 g/mol. The summed E-state index contributed by atoms with van der Waals surface area (Å²) < 4.78 is 13.6. The average Bonchev–Trinajstić information content (AvgIpc) is 3.76. The van der Waals surface area contributed by atoms with Gasteiger partial charge in [-0.3, -0.25) is 19.9 Å². The molecule has 0 bridgehead atoms. The molecular weight excluding hydrogens is 619 g/mol. The fourth-order valence-corrected chi connectivity index (χ4v) is 7.33. The number of carbonyl (C=O) groups excluding carboxylic acids is 2. The fraction of sp³-hybridized carbons (Fsp3) is 0.342. The van der Waals surface area contributed by atoms with Crippen molar-refractivity contribution >= 4 is 23.2 Å². The number of benzene rings is 2. The number of hydrogen-bond donors (Lipinski definition) is 2. The summed E-state index contributed by atoms with van der Waals surface area (Å²) >= 11 is 0. The van der Waals surface area contributed by atoms with Crippen LogP contribution in [0.15, 0.2) is 95.6 Å². The van der Waals surface area contributed by atoms with E-state index in [-0.39, 0.29) is 42.4 Å². The lowest BCUT2D eigenvalue weighted by atomic mass is 9.78. The highest BCUT2D eigenvalue weighted by molar-refractivity contribution is 6.05. The number of aromatic nitrogens is 2. The molecule has 250 valence electrons. The molecule has 2 fully saturated rings. The predicted molar refractivity (Wildman–Crippen MR) is 186 cm³/mol. The molecule has 4 heterocycles. The first-order valence-electron chi connectivity index (χ1n) is 16.7. The second-order valence-corrected chi connectivity index (χ2v) is 13.2. The minimum atomic E-state index is -0.795. The molecule has 2 aromatic carbocycles. The number of allylic oxidation sites excluding steroid dienone is 4. The van der Waals surface area contributed by atoms with E-state index in [0.29, 0.717) is 38.4 Å². The van der Waals surface area contributed by atoms with Crippen LogP contribution in [0.2, 0.25) is 0 Å². The second kappa shape index (κ2) is 13.6. The molecule has 49 heavy (non-hydrogen) atoms. The Morgan fingerprint density at radius 3 is 2.43 bits per heavy atom. The molecule has 3 aliphatic heterocycles. The molecule has 11 heteroatoms. The Hall–Kier alpha value is -5.34. The number of carbonyl (C=O) groups is 2. The number of hydrazone groups is 1. The van der Waals surface area contributed by atoms with Gasteiger partial charge in [0, 0.05) is 80.1 Å². The van der Waals surface area contributed by atoms with Crippen LogP contribution in [0.4, 0.5) is 10.1 Å². The van der Waals surface area contributed by atoms with Crippen LogP contribution < -0.4 is 15.6 Å². The van der Waals surface area contributed by atoms with Crippen molar-refractivity contribution in [2.45, 2.75) is 19.8 Å². The molecule has 7 rings (SSSR count). The summed E-state index contributed by atoms with van der Waals surface area (Å²) in [6.07, 6.45) is 14.0. The number of rotatable bonds is 8. The van der Waals surface area contributed by atoms with Crippen molar-refractivity contribution in [3.63, 3.8) is 0 Å². The maximum atomic E-state index is 14.0. The van der Waals surface area contributed by atoms with Gasteiger partial charge in [-0.25, -0.2) is 14.4 Å². The number of hydrogen-bond acceptors (Lipinski definition) is 8. The van der Waals surface area contributed by atoms with Crippen molar-refractivity contribution in [2.75, 3.05) is 50.7 Å². The molecule has 0 saturated carbocycles. The molecule has 1 aliphatic carbocycles. The summed E-state index contributed by atoms with van der Waals surface area (Å²) in [5, 5.41) is 7.73. The van der Waals surface area contributed by atoms with Gasteiger partial charge in [0.2, 0.25) is 11.8 Å². The number of amides is 2. The van der Waals surface area contributed by atoms with E-state index in [9.17, 15) is 14.0 Å². The second-order valence-electron chi connectivity index (χ2n) is 13.2. The van der Waals surface area contributed by atoms with Crippen LogP contribution in [-0.2, 0) is 9.59 Å². The van der Waals surface area contributed by atoms with Crippen molar-refractivity contribution in [1.29, 1.82) is 0 Å². The number of fused-ring (bicyclic) bond motifs is 1. The van der Waals surface area contributed by atoms with Crippen molar-refractivity contribution in [1.82, 2.24) is 30.5 Å². The summed E-state index contributed by atoms with van der Waals surface area (Å²) in [6.45, 7) is 6.08. The lowest BCUT2D eigenvalue weighted by Crippen LogP contribution is -2.51. The fourth-order valence-electron chi connectivity index (χ4n) is 7.33. The van der Waals surface area contributed by atoms with Gasteiger partial charge in [-0.15, -0.1) is 12.3 Å². The van der Waals surface area contributed by atoms with Crippen LogP contribution in [0.1, 0.15) is 25.3 Å². The van der Waals surface area contributed by atoms with Crippen molar-refractivity contribution in [3.05, 3.63) is 102 Å². The number of terminal acetylenes is 1. The highest BCUT2D eigenvalue weighted by atomic mass is 19.1. The van der Waals surface area contributed by atoms with Gasteiger partial charge in [0.05, 0.1) is 23.6 Å². The van der Waals surface area contributed by atoms with Crippen molar-refractivity contribution in [2.24, 2.45) is 22.4 Å².